The molecule has 2 aromatic heterocycles. The van der Waals surface area contributed by atoms with Crippen LogP contribution in [0.15, 0.2) is 134 Å². The number of aromatic nitrogens is 4. The van der Waals surface area contributed by atoms with Gasteiger partial charge in [-0.05, 0) is 179 Å². The van der Waals surface area contributed by atoms with E-state index in [1.165, 1.54) is 61.4 Å². The molecular formula is C77H83Cl2N15O15. The van der Waals surface area contributed by atoms with Gasteiger partial charge in [-0.15, -0.1) is 12.4 Å². The van der Waals surface area contributed by atoms with E-state index in [9.17, 15) is 63.4 Å². The molecule has 0 spiro atoms. The van der Waals surface area contributed by atoms with E-state index < -0.39 is 45.3 Å². The molecule has 4 N–H and O–H groups in total. The van der Waals surface area contributed by atoms with Crippen molar-refractivity contribution < 1.29 is 62.5 Å². The Morgan fingerprint density at radius 3 is 1.41 bits per heavy atom. The van der Waals surface area contributed by atoms with Crippen molar-refractivity contribution in [2.75, 3.05) is 57.1 Å². The monoisotopic (exact) mass is 1530 g/mol. The molecule has 32 heteroatoms. The van der Waals surface area contributed by atoms with Crippen LogP contribution >= 0.6 is 24.0 Å². The maximum absolute atomic E-state index is 13.4. The Morgan fingerprint density at radius 2 is 1.01 bits per heavy atom. The van der Waals surface area contributed by atoms with Crippen molar-refractivity contribution in [1.82, 2.24) is 55.5 Å². The quantitative estimate of drug-likeness (QED) is 0.0320. The second kappa shape index (κ2) is 33.9. The van der Waals surface area contributed by atoms with Gasteiger partial charge in [0.15, 0.2) is 0 Å². The van der Waals surface area contributed by atoms with Gasteiger partial charge in [0.2, 0.25) is 23.6 Å². The van der Waals surface area contributed by atoms with Gasteiger partial charge >= 0.3 is 17.6 Å². The number of halogens is 2. The minimum atomic E-state index is -0.978. The molecule has 3 saturated carbocycles. The number of anilines is 2. The summed E-state index contributed by atoms with van der Waals surface area (Å²) in [5.41, 5.74) is 6.01. The molecule has 8 heterocycles. The molecule has 570 valence electrons. The summed E-state index contributed by atoms with van der Waals surface area (Å²) in [6.45, 7) is 3.52. The third-order valence-corrected chi connectivity index (χ3v) is 20.9. The topological polar surface area (TPSA) is 358 Å². The standard InChI is InChI=1S/C30H32N6O4.C25H25N5O3.C11H12N2O4.C7H4ClNO4.C4H9N.ClH/c1-33(20-6-7-20)30(40)34-13-11-21(12-14-34)35-17-18(16-31-35)15-19-5-8-24-27-22(19)3-2-4-23(27)29(39)36(24)25-9-10-26(37)32-28(25)38;31-22-7-6-21(24(32)28-22)30-20-5-4-16(18-2-1-3-19(23(18)20)25(30)33)12-15-13-27-29(14-15)17-8-10-26-11-9-17;1-12(8-2-3-8)11(14)17-10-6-4-9(5-7-10)13(15)16;8-7(10)13-6-3-1-5(2-4-6)9(11)12;1-5-4-2-3-4;/h2-5,8,16-17,20-21,25H,6-7,9-15H2,1H3,(H,32,37,38);1-5,13-14,17,21,26H,6-12H2,(H,28,31,32);4-8H,2-3H2,1H3;1-4H;4-5H,2-3H2,1H3;1H. The van der Waals surface area contributed by atoms with Gasteiger partial charge in [0.05, 0.1) is 45.7 Å². The van der Waals surface area contributed by atoms with Crippen LogP contribution in [0.2, 0.25) is 0 Å². The first-order valence-electron chi connectivity index (χ1n) is 36.3. The smallest absolute Gasteiger partial charge is 0.414 e. The molecule has 9 aliphatic rings. The lowest BCUT2D eigenvalue weighted by molar-refractivity contribution is -0.385. The lowest BCUT2D eigenvalue weighted by atomic mass is 9.97. The summed E-state index contributed by atoms with van der Waals surface area (Å²) < 4.78 is 13.7. The van der Waals surface area contributed by atoms with Gasteiger partial charge in [0.25, 0.3) is 23.2 Å². The van der Waals surface area contributed by atoms with Crippen molar-refractivity contribution in [1.29, 1.82) is 0 Å². The predicted molar refractivity (Wildman–Crippen MR) is 405 cm³/mol. The molecule has 109 heavy (non-hydrogen) atoms. The molecule has 0 radical (unpaired) electrons. The fourth-order valence-corrected chi connectivity index (χ4v) is 14.5. The molecule has 17 rings (SSSR count). The number of carbonyl (C=O) groups is 9. The number of ether oxygens (including phenoxy) is 2. The Balaban J connectivity index is 0.000000143. The summed E-state index contributed by atoms with van der Waals surface area (Å²) in [5.74, 6) is -1.31. The third-order valence-electron chi connectivity index (χ3n) is 20.8. The van der Waals surface area contributed by atoms with Crippen molar-refractivity contribution >= 4 is 121 Å². The van der Waals surface area contributed by atoms with Gasteiger partial charge in [0.1, 0.15) is 23.6 Å². The summed E-state index contributed by atoms with van der Waals surface area (Å²) in [4.78, 5) is 138. The number of nitro groups is 2. The van der Waals surface area contributed by atoms with Crippen molar-refractivity contribution in [3.63, 3.8) is 0 Å². The molecule has 8 aromatic rings. The normalized spacial score (nSPS) is 18.6. The molecule has 30 nitrogen and oxygen atoms in total. The Hall–Kier alpha value is -11.2. The van der Waals surface area contributed by atoms with Crippen LogP contribution in [0.3, 0.4) is 0 Å². The molecule has 6 aromatic carbocycles. The number of urea groups is 1. The van der Waals surface area contributed by atoms with Crippen LogP contribution in [0.4, 0.5) is 37.1 Å². The second-order valence-electron chi connectivity index (χ2n) is 28.2. The summed E-state index contributed by atoms with van der Waals surface area (Å²) in [6.07, 6.45) is 21.1. The zero-order valence-corrected chi connectivity index (χ0v) is 61.8. The number of benzene rings is 6. The van der Waals surface area contributed by atoms with Crippen LogP contribution in [0.1, 0.15) is 145 Å². The van der Waals surface area contributed by atoms with Gasteiger partial charge in [0, 0.05) is 141 Å². The first kappa shape index (κ1) is 77.4. The number of hydrogen-bond acceptors (Lipinski definition) is 19. The van der Waals surface area contributed by atoms with Crippen LogP contribution in [-0.2, 0) is 32.0 Å². The van der Waals surface area contributed by atoms with E-state index in [0.29, 0.717) is 48.2 Å². The number of hydrogen-bond donors (Lipinski definition) is 4. The molecule has 9 amide bonds. The lowest BCUT2D eigenvalue weighted by Crippen LogP contribution is -2.53. The molecule has 2 atom stereocenters. The highest BCUT2D eigenvalue weighted by atomic mass is 35.5. The van der Waals surface area contributed by atoms with E-state index in [4.69, 9.17) is 16.3 Å². The number of nitrogens with zero attached hydrogens (tertiary/aromatic N) is 11. The van der Waals surface area contributed by atoms with Gasteiger partial charge in [-0.3, -0.25) is 78.8 Å². The van der Waals surface area contributed by atoms with E-state index in [2.05, 4.69) is 53.3 Å². The number of imide groups is 2. The van der Waals surface area contributed by atoms with Crippen LogP contribution < -0.4 is 40.5 Å². The van der Waals surface area contributed by atoms with Crippen LogP contribution in [0.5, 0.6) is 11.5 Å². The van der Waals surface area contributed by atoms with E-state index in [1.807, 2.05) is 95.6 Å². The van der Waals surface area contributed by atoms with Crippen LogP contribution in [0, 0.1) is 20.2 Å². The first-order chi connectivity index (χ1) is 52.1. The maximum atomic E-state index is 13.4. The highest BCUT2D eigenvalue weighted by Crippen LogP contribution is 2.44. The zero-order chi connectivity index (χ0) is 76.0. The van der Waals surface area contributed by atoms with Crippen molar-refractivity contribution in [2.24, 2.45) is 0 Å². The number of nitro benzene ring substituents is 2. The largest absolute Gasteiger partial charge is 0.415 e. The molecule has 3 aliphatic carbocycles. The van der Waals surface area contributed by atoms with Crippen molar-refractivity contribution in [3.8, 4) is 11.5 Å². The van der Waals surface area contributed by atoms with E-state index in [0.717, 1.165) is 145 Å². The SMILES string of the molecule is CN(C(=O)N1CCC(n2cc(Cc3ccc4c5c(cccc35)C(=O)N4C3CCC(=O)NC3=O)cn2)CC1)C1CC1.CN(C(=O)Oc1ccc([N+](=O)[O-])cc1)C1CC1.CNC1CC1.Cl.O=C(Cl)Oc1ccc([N+](=O)[O-])cc1.O=C1CCC(N2C(=O)c3cccc4c(Cc5cnn(C6CCNCC6)c5)ccc2c34)C(=O)N1. The summed E-state index contributed by atoms with van der Waals surface area (Å²) in [6, 6.07) is 30.9. The Labute approximate surface area is 637 Å². The number of rotatable bonds is 15. The lowest BCUT2D eigenvalue weighted by Gasteiger charge is -2.34. The van der Waals surface area contributed by atoms with Gasteiger partial charge in [-0.25, -0.2) is 14.4 Å². The number of nitrogens with one attached hydrogen (secondary N) is 4. The summed E-state index contributed by atoms with van der Waals surface area (Å²) >= 11 is 4.92. The fraction of sp³-hybridized carbons (Fsp3) is 0.390. The van der Waals surface area contributed by atoms with Crippen LogP contribution in [0.25, 0.3) is 21.5 Å². The molecular weight excluding hydrogens is 1450 g/mol. The highest BCUT2D eigenvalue weighted by molar-refractivity contribution is 6.61. The fourth-order valence-electron chi connectivity index (χ4n) is 14.4. The van der Waals surface area contributed by atoms with E-state index in [-0.39, 0.29) is 84.1 Å². The number of amides is 9. The zero-order valence-electron chi connectivity index (χ0n) is 60.2. The maximum Gasteiger partial charge on any atom is 0.415 e. The Bertz CT molecular complexity index is 4820. The predicted octanol–water partition coefficient (Wildman–Crippen LogP) is 10.9. The number of piperidine rings is 4. The van der Waals surface area contributed by atoms with Gasteiger partial charge in [-0.2, -0.15) is 10.2 Å². The number of likely N-dealkylation sites (tertiary alicyclic amines) is 1. The van der Waals surface area contributed by atoms with E-state index in [1.54, 1.807) is 27.8 Å². The second-order valence-corrected chi connectivity index (χ2v) is 28.5. The highest BCUT2D eigenvalue weighted by Gasteiger charge is 2.43. The number of non-ortho nitro benzene ring substituents is 2. The van der Waals surface area contributed by atoms with Gasteiger partial charge < -0.3 is 34.8 Å². The summed E-state index contributed by atoms with van der Waals surface area (Å²) in [7, 11) is 5.61. The first-order valence-corrected chi connectivity index (χ1v) is 36.7. The Kier molecular flexibility index (Phi) is 24.1. The molecule has 2 unspecified atom stereocenters. The van der Waals surface area contributed by atoms with Crippen molar-refractivity contribution in [3.05, 3.63) is 188 Å². The van der Waals surface area contributed by atoms with Gasteiger partial charge in [-0.1, -0.05) is 36.4 Å². The Morgan fingerprint density at radius 1 is 0.569 bits per heavy atom. The third kappa shape index (κ3) is 18.0. The minimum absolute atomic E-state index is 0. The minimum Gasteiger partial charge on any atom is -0.414 e. The van der Waals surface area contributed by atoms with Crippen molar-refractivity contribution in [2.45, 2.75) is 145 Å². The number of carbonyl (C=O) groups excluding carboxylic acids is 9. The van der Waals surface area contributed by atoms with Crippen LogP contribution in [-0.4, -0.2) is 175 Å². The average Bonchev–Trinajstić information content (AvgIpc) is 1.59. The average molecular weight is 1530 g/mol. The summed E-state index contributed by atoms with van der Waals surface area (Å²) in [5, 5.41) is 44.9. The van der Waals surface area contributed by atoms with E-state index >= 15 is 0 Å². The molecule has 4 saturated heterocycles. The molecule has 7 fully saturated rings. The molecule has 0 bridgehead atoms. The molecule has 6 aliphatic heterocycles.